The van der Waals surface area contributed by atoms with Gasteiger partial charge in [-0.2, -0.15) is 5.10 Å². The van der Waals surface area contributed by atoms with Crippen molar-refractivity contribution in [2.75, 3.05) is 0 Å². The standard InChI is InChI=1S/C8H6Cl2N2S/c1-4-7(10)8(12-11-4)5-2-3-6(9)13-5/h2-3H,1H3,(H,11,12). The highest BCUT2D eigenvalue weighted by molar-refractivity contribution is 7.19. The summed E-state index contributed by atoms with van der Waals surface area (Å²) in [4.78, 5) is 0.986. The fraction of sp³-hybridized carbons (Fsp3) is 0.125. The number of nitrogens with zero attached hydrogens (tertiary/aromatic N) is 1. The average Bonchev–Trinajstić information content (AvgIpc) is 2.62. The van der Waals surface area contributed by atoms with E-state index < -0.39 is 0 Å². The van der Waals surface area contributed by atoms with Crippen LogP contribution in [0.2, 0.25) is 9.36 Å². The molecule has 68 valence electrons. The Labute approximate surface area is 89.5 Å². The van der Waals surface area contributed by atoms with Gasteiger partial charge in [-0.15, -0.1) is 11.3 Å². The topological polar surface area (TPSA) is 28.7 Å². The Balaban J connectivity index is 2.52. The molecule has 5 heteroatoms. The lowest BCUT2D eigenvalue weighted by Gasteiger charge is -1.89. The number of aromatic amines is 1. The molecule has 0 aliphatic heterocycles. The molecule has 0 bridgehead atoms. The number of hydrogen-bond acceptors (Lipinski definition) is 2. The van der Waals surface area contributed by atoms with Gasteiger partial charge < -0.3 is 0 Å². The molecule has 0 fully saturated rings. The molecule has 1 N–H and O–H groups in total. The normalized spacial score (nSPS) is 10.7. The Kier molecular flexibility index (Phi) is 2.32. The summed E-state index contributed by atoms with van der Waals surface area (Å²) in [6.45, 7) is 1.88. The molecule has 0 aromatic carbocycles. The lowest BCUT2D eigenvalue weighted by molar-refractivity contribution is 1.05. The van der Waals surface area contributed by atoms with E-state index >= 15 is 0 Å². The van der Waals surface area contributed by atoms with Crippen molar-refractivity contribution in [2.45, 2.75) is 6.92 Å². The van der Waals surface area contributed by atoms with Gasteiger partial charge in [-0.1, -0.05) is 23.2 Å². The van der Waals surface area contributed by atoms with Gasteiger partial charge in [-0.05, 0) is 19.1 Å². The van der Waals surface area contributed by atoms with Crippen molar-refractivity contribution in [1.82, 2.24) is 10.2 Å². The second kappa shape index (κ2) is 3.33. The molecule has 0 aliphatic rings. The van der Waals surface area contributed by atoms with E-state index in [0.717, 1.165) is 20.6 Å². The molecule has 2 aromatic rings. The Morgan fingerprint density at radius 2 is 2.15 bits per heavy atom. The largest absolute Gasteiger partial charge is 0.281 e. The highest BCUT2D eigenvalue weighted by atomic mass is 35.5. The predicted molar refractivity (Wildman–Crippen MR) is 56.7 cm³/mol. The van der Waals surface area contributed by atoms with Crippen molar-refractivity contribution in [3.8, 4) is 10.6 Å². The number of H-pyrrole nitrogens is 1. The van der Waals surface area contributed by atoms with Gasteiger partial charge in [-0.25, -0.2) is 0 Å². The maximum absolute atomic E-state index is 6.02. The summed E-state index contributed by atoms with van der Waals surface area (Å²) < 4.78 is 0.742. The summed E-state index contributed by atoms with van der Waals surface area (Å²) in [7, 11) is 0. The molecule has 0 saturated heterocycles. The van der Waals surface area contributed by atoms with Crippen LogP contribution in [-0.4, -0.2) is 10.2 Å². The quantitative estimate of drug-likeness (QED) is 0.798. The number of aromatic nitrogens is 2. The Morgan fingerprint density at radius 1 is 1.38 bits per heavy atom. The van der Waals surface area contributed by atoms with Crippen LogP contribution >= 0.6 is 34.5 Å². The zero-order valence-electron chi connectivity index (χ0n) is 6.77. The van der Waals surface area contributed by atoms with Crippen LogP contribution in [0.4, 0.5) is 0 Å². The smallest absolute Gasteiger partial charge is 0.121 e. The zero-order valence-corrected chi connectivity index (χ0v) is 9.09. The highest BCUT2D eigenvalue weighted by Gasteiger charge is 2.11. The summed E-state index contributed by atoms with van der Waals surface area (Å²) >= 11 is 13.3. The third kappa shape index (κ3) is 1.59. The van der Waals surface area contributed by atoms with Crippen molar-refractivity contribution >= 4 is 34.5 Å². The second-order valence-electron chi connectivity index (χ2n) is 2.61. The Bertz CT molecular complexity index is 433. The maximum atomic E-state index is 6.02. The van der Waals surface area contributed by atoms with E-state index in [2.05, 4.69) is 10.2 Å². The van der Waals surface area contributed by atoms with E-state index in [9.17, 15) is 0 Å². The average molecular weight is 233 g/mol. The third-order valence-corrected chi connectivity index (χ3v) is 3.38. The molecule has 0 aliphatic carbocycles. The molecule has 2 rings (SSSR count). The Hall–Kier alpha value is -0.510. The summed E-state index contributed by atoms with van der Waals surface area (Å²) in [6, 6.07) is 3.75. The van der Waals surface area contributed by atoms with Gasteiger partial charge in [0, 0.05) is 0 Å². The number of rotatable bonds is 1. The van der Waals surface area contributed by atoms with Crippen molar-refractivity contribution in [1.29, 1.82) is 0 Å². The maximum Gasteiger partial charge on any atom is 0.121 e. The molecular formula is C8H6Cl2N2S. The number of halogens is 2. The van der Waals surface area contributed by atoms with Gasteiger partial charge in [0.05, 0.1) is 19.9 Å². The van der Waals surface area contributed by atoms with Crippen LogP contribution in [-0.2, 0) is 0 Å². The second-order valence-corrected chi connectivity index (χ2v) is 4.71. The first-order valence-corrected chi connectivity index (χ1v) is 5.22. The minimum atomic E-state index is 0.665. The summed E-state index contributed by atoms with van der Waals surface area (Å²) in [5.41, 5.74) is 1.65. The van der Waals surface area contributed by atoms with E-state index in [0.29, 0.717) is 5.02 Å². The Morgan fingerprint density at radius 3 is 2.62 bits per heavy atom. The monoisotopic (exact) mass is 232 g/mol. The number of aryl methyl sites for hydroxylation is 1. The highest BCUT2D eigenvalue weighted by Crippen LogP contribution is 2.34. The molecule has 0 radical (unpaired) electrons. The summed E-state index contributed by atoms with van der Waals surface area (Å²) in [5.74, 6) is 0. The first kappa shape index (κ1) is 9.06. The van der Waals surface area contributed by atoms with Crippen LogP contribution in [0.25, 0.3) is 10.6 Å². The third-order valence-electron chi connectivity index (χ3n) is 1.68. The fourth-order valence-corrected chi connectivity index (χ4v) is 2.30. The molecule has 13 heavy (non-hydrogen) atoms. The fourth-order valence-electron chi connectivity index (χ4n) is 1.02. The molecule has 0 amide bonds. The molecule has 0 spiro atoms. The molecule has 2 aromatic heterocycles. The van der Waals surface area contributed by atoms with Gasteiger partial charge in [0.15, 0.2) is 0 Å². The van der Waals surface area contributed by atoms with E-state index in [1.165, 1.54) is 11.3 Å². The van der Waals surface area contributed by atoms with Crippen LogP contribution in [0.3, 0.4) is 0 Å². The van der Waals surface area contributed by atoms with Crippen molar-refractivity contribution in [3.63, 3.8) is 0 Å². The first-order valence-electron chi connectivity index (χ1n) is 3.64. The van der Waals surface area contributed by atoms with Crippen LogP contribution < -0.4 is 0 Å². The van der Waals surface area contributed by atoms with Gasteiger partial charge in [0.1, 0.15) is 5.69 Å². The van der Waals surface area contributed by atoms with Gasteiger partial charge in [0.25, 0.3) is 0 Å². The molecule has 0 unspecified atom stereocenters. The SMILES string of the molecule is Cc1[nH]nc(-c2ccc(Cl)s2)c1Cl. The minimum Gasteiger partial charge on any atom is -0.281 e. The van der Waals surface area contributed by atoms with Gasteiger partial charge in [-0.3, -0.25) is 5.10 Å². The van der Waals surface area contributed by atoms with Gasteiger partial charge >= 0.3 is 0 Å². The minimum absolute atomic E-state index is 0.665. The molecular weight excluding hydrogens is 227 g/mol. The van der Waals surface area contributed by atoms with E-state index in [1.807, 2.05) is 19.1 Å². The van der Waals surface area contributed by atoms with Gasteiger partial charge in [0.2, 0.25) is 0 Å². The van der Waals surface area contributed by atoms with Crippen LogP contribution in [0.5, 0.6) is 0 Å². The van der Waals surface area contributed by atoms with Crippen LogP contribution in [0.1, 0.15) is 5.69 Å². The molecule has 0 saturated carbocycles. The van der Waals surface area contributed by atoms with Crippen molar-refractivity contribution < 1.29 is 0 Å². The number of thiophene rings is 1. The summed E-state index contributed by atoms with van der Waals surface area (Å²) in [6.07, 6.45) is 0. The van der Waals surface area contributed by atoms with Crippen LogP contribution in [0.15, 0.2) is 12.1 Å². The lowest BCUT2D eigenvalue weighted by atomic mass is 10.3. The molecule has 2 nitrogen and oxygen atoms in total. The first-order chi connectivity index (χ1) is 6.18. The van der Waals surface area contributed by atoms with E-state index in [1.54, 1.807) is 0 Å². The zero-order chi connectivity index (χ0) is 9.42. The van der Waals surface area contributed by atoms with Crippen molar-refractivity contribution in [2.24, 2.45) is 0 Å². The molecule has 0 atom stereocenters. The van der Waals surface area contributed by atoms with Crippen LogP contribution in [0, 0.1) is 6.92 Å². The predicted octanol–water partition coefficient (Wildman–Crippen LogP) is 3.75. The lowest BCUT2D eigenvalue weighted by Crippen LogP contribution is -1.71. The molecule has 2 heterocycles. The number of nitrogens with one attached hydrogen (secondary N) is 1. The van der Waals surface area contributed by atoms with E-state index in [4.69, 9.17) is 23.2 Å². The van der Waals surface area contributed by atoms with Crippen molar-refractivity contribution in [3.05, 3.63) is 27.2 Å². The number of hydrogen-bond donors (Lipinski definition) is 1. The van der Waals surface area contributed by atoms with E-state index in [-0.39, 0.29) is 0 Å². The summed E-state index contributed by atoms with van der Waals surface area (Å²) in [5, 5.41) is 7.59.